The topological polar surface area (TPSA) is 86.8 Å². The molecule has 5 amide bonds. The molecule has 7 nitrogen and oxygen atoms in total. The summed E-state index contributed by atoms with van der Waals surface area (Å²) in [5.74, 6) is -2.25. The summed E-state index contributed by atoms with van der Waals surface area (Å²) in [7, 11) is 0. The van der Waals surface area contributed by atoms with Crippen LogP contribution in [0.5, 0.6) is 0 Å². The van der Waals surface area contributed by atoms with Crippen LogP contribution in [0.25, 0.3) is 0 Å². The van der Waals surface area contributed by atoms with E-state index >= 15 is 0 Å². The molecule has 28 heavy (non-hydrogen) atoms. The predicted octanol–water partition coefficient (Wildman–Crippen LogP) is 3.26. The van der Waals surface area contributed by atoms with Crippen LogP contribution in [0, 0.1) is 19.8 Å². The molecule has 150 valence electrons. The summed E-state index contributed by atoms with van der Waals surface area (Å²) in [5, 5.41) is 3.02. The molecule has 1 saturated heterocycles. The highest BCUT2D eigenvalue weighted by Gasteiger charge is 2.49. The Morgan fingerprint density at radius 2 is 1.82 bits per heavy atom. The van der Waals surface area contributed by atoms with E-state index in [1.807, 2.05) is 19.9 Å². The average Bonchev–Trinajstić information content (AvgIpc) is 2.82. The zero-order valence-corrected chi connectivity index (χ0v) is 17.0. The first-order chi connectivity index (χ1) is 13.2. The van der Waals surface area contributed by atoms with Crippen LogP contribution in [0.1, 0.15) is 43.7 Å². The number of nitrogens with zero attached hydrogens (tertiary/aromatic N) is 2. The normalized spacial score (nSPS) is 22.8. The lowest BCUT2D eigenvalue weighted by atomic mass is 9.85. The second-order valence-electron chi connectivity index (χ2n) is 7.66. The number of rotatable bonds is 4. The summed E-state index contributed by atoms with van der Waals surface area (Å²) in [6.45, 7) is 5.14. The molecule has 0 unspecified atom stereocenters. The molecule has 0 bridgehead atoms. The van der Waals surface area contributed by atoms with Gasteiger partial charge in [0.2, 0.25) is 5.91 Å². The molecular weight excluding hydrogens is 382 g/mol. The number of carbonyl (C=O) groups is 4. The number of benzene rings is 1. The van der Waals surface area contributed by atoms with Crippen molar-refractivity contribution in [3.63, 3.8) is 0 Å². The number of carbonyl (C=O) groups excluding carboxylic acids is 4. The van der Waals surface area contributed by atoms with Gasteiger partial charge in [-0.05, 0) is 49.8 Å². The summed E-state index contributed by atoms with van der Waals surface area (Å²) < 4.78 is 0. The Balaban J connectivity index is 1.73. The van der Waals surface area contributed by atoms with E-state index in [1.54, 1.807) is 13.0 Å². The van der Waals surface area contributed by atoms with Crippen molar-refractivity contribution in [2.45, 2.75) is 52.5 Å². The Kier molecular flexibility index (Phi) is 5.74. The smallest absolute Gasteiger partial charge is 0.323 e. The molecule has 2 atom stereocenters. The third-order valence-electron chi connectivity index (χ3n) is 5.48. The molecule has 1 aromatic rings. The first kappa shape index (κ1) is 20.3. The van der Waals surface area contributed by atoms with E-state index in [2.05, 4.69) is 5.32 Å². The first-order valence-electron chi connectivity index (χ1n) is 9.46. The summed E-state index contributed by atoms with van der Waals surface area (Å²) in [6, 6.07) is 2.57. The van der Waals surface area contributed by atoms with Crippen molar-refractivity contribution in [2.75, 3.05) is 11.9 Å². The molecular formula is C20H24ClN3O4. The standard InChI is InChI=1S/C20H24ClN3O4/c1-11-8-13(3)17(14(21)9-11)22-16(25)10-23-18(26)19(27)24(20(23)28)15-7-5-4-6-12(15)2/h8-9,12,15H,4-7,10H2,1-3H3,(H,22,25)/t12-,15+/m0/s1. The molecule has 1 heterocycles. The molecule has 1 aliphatic carbocycles. The maximum atomic E-state index is 12.7. The fourth-order valence-electron chi connectivity index (χ4n) is 4.03. The van der Waals surface area contributed by atoms with Crippen LogP contribution in [0.15, 0.2) is 12.1 Å². The minimum absolute atomic E-state index is 0.136. The molecule has 1 aromatic carbocycles. The van der Waals surface area contributed by atoms with Crippen LogP contribution in [0.4, 0.5) is 10.5 Å². The molecule has 0 aromatic heterocycles. The Bertz CT molecular complexity index is 831. The fraction of sp³-hybridized carbons (Fsp3) is 0.500. The van der Waals surface area contributed by atoms with Crippen LogP contribution in [-0.2, 0) is 14.4 Å². The quantitative estimate of drug-likeness (QED) is 0.615. The van der Waals surface area contributed by atoms with E-state index in [0.717, 1.165) is 40.2 Å². The van der Waals surface area contributed by atoms with Crippen molar-refractivity contribution < 1.29 is 19.2 Å². The van der Waals surface area contributed by atoms with Crippen molar-refractivity contribution in [3.8, 4) is 0 Å². The minimum atomic E-state index is -0.954. The van der Waals surface area contributed by atoms with Gasteiger partial charge in [-0.25, -0.2) is 9.69 Å². The molecule has 3 rings (SSSR count). The van der Waals surface area contributed by atoms with Gasteiger partial charge in [0.25, 0.3) is 0 Å². The maximum Gasteiger partial charge on any atom is 0.334 e. The molecule has 1 saturated carbocycles. The van der Waals surface area contributed by atoms with E-state index in [-0.39, 0.29) is 12.0 Å². The number of imide groups is 2. The zero-order chi connectivity index (χ0) is 20.6. The van der Waals surface area contributed by atoms with Gasteiger partial charge in [0, 0.05) is 6.04 Å². The number of aryl methyl sites for hydroxylation is 2. The lowest BCUT2D eigenvalue weighted by Crippen LogP contribution is -2.46. The van der Waals surface area contributed by atoms with Gasteiger partial charge >= 0.3 is 17.8 Å². The molecule has 0 radical (unpaired) electrons. The predicted molar refractivity (Wildman–Crippen MR) is 105 cm³/mol. The Labute approximate surface area is 169 Å². The number of halogens is 1. The van der Waals surface area contributed by atoms with Gasteiger partial charge in [0.15, 0.2) is 0 Å². The Morgan fingerprint density at radius 3 is 2.46 bits per heavy atom. The number of anilines is 1. The molecule has 2 fully saturated rings. The summed E-state index contributed by atoms with van der Waals surface area (Å²) >= 11 is 6.19. The van der Waals surface area contributed by atoms with Crippen LogP contribution in [-0.4, -0.2) is 46.1 Å². The van der Waals surface area contributed by atoms with Crippen LogP contribution in [0.3, 0.4) is 0 Å². The van der Waals surface area contributed by atoms with Crippen molar-refractivity contribution in [2.24, 2.45) is 5.92 Å². The summed E-state index contributed by atoms with van der Waals surface area (Å²) in [6.07, 6.45) is 3.54. The highest BCUT2D eigenvalue weighted by Crippen LogP contribution is 2.31. The van der Waals surface area contributed by atoms with Crippen molar-refractivity contribution in [1.29, 1.82) is 0 Å². The SMILES string of the molecule is Cc1cc(C)c(NC(=O)CN2C(=O)C(=O)N([C@@H]3CCCC[C@@H]3C)C2=O)c(Cl)c1. The van der Waals surface area contributed by atoms with E-state index < -0.39 is 30.3 Å². The van der Waals surface area contributed by atoms with Crippen LogP contribution < -0.4 is 5.32 Å². The fourth-order valence-corrected chi connectivity index (χ4v) is 4.40. The zero-order valence-electron chi connectivity index (χ0n) is 16.3. The molecule has 1 N–H and O–H groups in total. The Hall–Kier alpha value is -2.41. The van der Waals surface area contributed by atoms with Gasteiger partial charge < -0.3 is 5.32 Å². The van der Waals surface area contributed by atoms with Crippen molar-refractivity contribution >= 4 is 41.0 Å². The first-order valence-corrected chi connectivity index (χ1v) is 9.84. The van der Waals surface area contributed by atoms with E-state index in [9.17, 15) is 19.2 Å². The number of amides is 5. The molecule has 8 heteroatoms. The Morgan fingerprint density at radius 1 is 1.14 bits per heavy atom. The second kappa shape index (κ2) is 7.91. The lowest BCUT2D eigenvalue weighted by Gasteiger charge is -2.34. The minimum Gasteiger partial charge on any atom is -0.323 e. The van der Waals surface area contributed by atoms with Gasteiger partial charge in [0.05, 0.1) is 10.7 Å². The third-order valence-corrected chi connectivity index (χ3v) is 5.78. The maximum absolute atomic E-state index is 12.7. The largest absolute Gasteiger partial charge is 0.334 e. The number of hydrogen-bond donors (Lipinski definition) is 1. The van der Waals surface area contributed by atoms with Gasteiger partial charge in [-0.2, -0.15) is 0 Å². The van der Waals surface area contributed by atoms with Gasteiger partial charge in [0.1, 0.15) is 6.54 Å². The summed E-state index contributed by atoms with van der Waals surface area (Å²) in [4.78, 5) is 51.7. The van der Waals surface area contributed by atoms with E-state index in [0.29, 0.717) is 17.1 Å². The van der Waals surface area contributed by atoms with E-state index in [4.69, 9.17) is 11.6 Å². The van der Waals surface area contributed by atoms with Crippen molar-refractivity contribution in [1.82, 2.24) is 9.80 Å². The van der Waals surface area contributed by atoms with Crippen LogP contribution >= 0.6 is 11.6 Å². The molecule has 1 aliphatic heterocycles. The van der Waals surface area contributed by atoms with Gasteiger partial charge in [-0.3, -0.25) is 19.3 Å². The highest BCUT2D eigenvalue weighted by atomic mass is 35.5. The second-order valence-corrected chi connectivity index (χ2v) is 8.07. The molecule has 2 aliphatic rings. The van der Waals surface area contributed by atoms with Crippen molar-refractivity contribution in [3.05, 3.63) is 28.3 Å². The highest BCUT2D eigenvalue weighted by molar-refractivity contribution is 6.45. The lowest BCUT2D eigenvalue weighted by molar-refractivity contribution is -0.145. The third kappa shape index (κ3) is 3.76. The monoisotopic (exact) mass is 405 g/mol. The summed E-state index contributed by atoms with van der Waals surface area (Å²) in [5.41, 5.74) is 2.15. The average molecular weight is 406 g/mol. The molecule has 0 spiro atoms. The number of urea groups is 1. The van der Waals surface area contributed by atoms with Gasteiger partial charge in [-0.15, -0.1) is 0 Å². The number of nitrogens with one attached hydrogen (secondary N) is 1. The van der Waals surface area contributed by atoms with Crippen LogP contribution in [0.2, 0.25) is 5.02 Å². The van der Waals surface area contributed by atoms with E-state index in [1.165, 1.54) is 0 Å². The number of hydrogen-bond acceptors (Lipinski definition) is 4. The van der Waals surface area contributed by atoms with Gasteiger partial charge in [-0.1, -0.05) is 37.4 Å².